The van der Waals surface area contributed by atoms with Gasteiger partial charge in [-0.1, -0.05) is 6.07 Å². The predicted molar refractivity (Wildman–Crippen MR) is 95.7 cm³/mol. The largest absolute Gasteiger partial charge is 0.489 e. The molecule has 1 N–H and O–H groups in total. The molecule has 0 aromatic heterocycles. The van der Waals surface area contributed by atoms with Gasteiger partial charge in [0.05, 0.1) is 6.61 Å². The molecule has 1 aliphatic carbocycles. The highest BCUT2D eigenvalue weighted by molar-refractivity contribution is 5.45. The smallest absolute Gasteiger partial charge is 0.387 e. The maximum atomic E-state index is 12.7. The van der Waals surface area contributed by atoms with Crippen LogP contribution >= 0.6 is 0 Å². The first kappa shape index (κ1) is 19.4. The van der Waals surface area contributed by atoms with E-state index in [0.29, 0.717) is 31.1 Å². The Bertz CT molecular complexity index is 642. The molecule has 0 radical (unpaired) electrons. The van der Waals surface area contributed by atoms with Gasteiger partial charge < -0.3 is 14.6 Å². The molecule has 1 heterocycles. The molecule has 2 fully saturated rings. The fourth-order valence-electron chi connectivity index (χ4n) is 3.80. The first-order chi connectivity index (χ1) is 12.1. The van der Waals surface area contributed by atoms with Crippen LogP contribution in [0.3, 0.4) is 0 Å². The van der Waals surface area contributed by atoms with Gasteiger partial charge in [0.2, 0.25) is 0 Å². The highest BCUT2D eigenvalue weighted by Crippen LogP contribution is 2.42. The minimum atomic E-state index is -2.91. The molecule has 0 amide bonds. The zero-order chi connectivity index (χ0) is 19.1. The third-order valence-electron chi connectivity index (χ3n) is 5.33. The summed E-state index contributed by atoms with van der Waals surface area (Å²) in [7, 11) is 0. The van der Waals surface area contributed by atoms with Crippen molar-refractivity contribution in [3.8, 4) is 11.5 Å². The van der Waals surface area contributed by atoms with Crippen LogP contribution in [0.15, 0.2) is 18.2 Å². The highest BCUT2D eigenvalue weighted by Gasteiger charge is 2.45. The van der Waals surface area contributed by atoms with Gasteiger partial charge in [-0.05, 0) is 70.6 Å². The van der Waals surface area contributed by atoms with E-state index in [-0.39, 0.29) is 23.1 Å². The minimum Gasteiger partial charge on any atom is -0.489 e. The number of halogens is 2. The van der Waals surface area contributed by atoms with Gasteiger partial charge in [0.15, 0.2) is 11.5 Å². The number of nitrogens with zero attached hydrogens (tertiary/aromatic N) is 1. The second-order valence-electron chi connectivity index (χ2n) is 8.68. The van der Waals surface area contributed by atoms with Gasteiger partial charge in [-0.25, -0.2) is 0 Å². The Morgan fingerprint density at radius 3 is 2.50 bits per heavy atom. The molecule has 1 saturated carbocycles. The fraction of sp³-hybridized carbons (Fsp3) is 0.700. The van der Waals surface area contributed by atoms with E-state index in [4.69, 9.17) is 4.74 Å². The van der Waals surface area contributed by atoms with Crippen molar-refractivity contribution in [2.24, 2.45) is 5.92 Å². The van der Waals surface area contributed by atoms with Gasteiger partial charge in [0.1, 0.15) is 5.60 Å². The van der Waals surface area contributed by atoms with E-state index in [1.165, 1.54) is 6.07 Å². The fourth-order valence-corrected chi connectivity index (χ4v) is 3.80. The molecule has 1 aromatic rings. The van der Waals surface area contributed by atoms with Gasteiger partial charge >= 0.3 is 6.61 Å². The minimum absolute atomic E-state index is 0.0201. The Morgan fingerprint density at radius 2 is 1.96 bits per heavy atom. The molecule has 26 heavy (non-hydrogen) atoms. The third-order valence-corrected chi connectivity index (χ3v) is 5.33. The van der Waals surface area contributed by atoms with E-state index < -0.39 is 12.2 Å². The van der Waals surface area contributed by atoms with Crippen LogP contribution in [0.25, 0.3) is 0 Å². The molecule has 1 aromatic carbocycles. The Kier molecular flexibility index (Phi) is 5.19. The number of hydrogen-bond acceptors (Lipinski definition) is 4. The molecule has 0 unspecified atom stereocenters. The van der Waals surface area contributed by atoms with Gasteiger partial charge in [-0.2, -0.15) is 8.78 Å². The van der Waals surface area contributed by atoms with Crippen LogP contribution in [0.1, 0.15) is 52.5 Å². The maximum Gasteiger partial charge on any atom is 0.387 e. The summed E-state index contributed by atoms with van der Waals surface area (Å²) in [6, 6.07) is 5.03. The van der Waals surface area contributed by atoms with Crippen LogP contribution in [0.5, 0.6) is 11.5 Å². The van der Waals surface area contributed by atoms with E-state index >= 15 is 0 Å². The summed E-state index contributed by atoms with van der Waals surface area (Å²) in [5.74, 6) is 0.792. The number of likely N-dealkylation sites (tertiary alicyclic amines) is 1. The lowest BCUT2D eigenvalue weighted by molar-refractivity contribution is -0.0516. The summed E-state index contributed by atoms with van der Waals surface area (Å²) >= 11 is 0. The maximum absolute atomic E-state index is 12.7. The Labute approximate surface area is 154 Å². The first-order valence-electron chi connectivity index (χ1n) is 9.30. The average Bonchev–Trinajstić information content (AvgIpc) is 3.28. The van der Waals surface area contributed by atoms with Crippen molar-refractivity contribution < 1.29 is 23.4 Å². The molecule has 2 atom stereocenters. The number of rotatable bonds is 6. The monoisotopic (exact) mass is 369 g/mol. The summed E-state index contributed by atoms with van der Waals surface area (Å²) in [5, 5.41) is 11.3. The lowest BCUT2D eigenvalue weighted by atomic mass is 9.91. The SMILES string of the molecule is C[C@@H]1C[C@](O)(c2ccc(OC(F)F)c(OCC3CC3)c2)CN1C(C)(C)C. The molecule has 1 saturated heterocycles. The first-order valence-corrected chi connectivity index (χ1v) is 9.30. The van der Waals surface area contributed by atoms with Crippen molar-refractivity contribution in [3.63, 3.8) is 0 Å². The van der Waals surface area contributed by atoms with Crippen molar-refractivity contribution >= 4 is 0 Å². The molecular formula is C20H29F2NO3. The predicted octanol–water partition coefficient (Wildman–Crippen LogP) is 4.16. The Hall–Kier alpha value is -1.40. The third kappa shape index (κ3) is 4.29. The highest BCUT2D eigenvalue weighted by atomic mass is 19.3. The summed E-state index contributed by atoms with van der Waals surface area (Å²) in [5.41, 5.74) is -0.412. The second kappa shape index (κ2) is 6.97. The van der Waals surface area contributed by atoms with E-state index in [2.05, 4.69) is 37.3 Å². The Balaban J connectivity index is 1.85. The molecule has 2 aliphatic rings. The van der Waals surface area contributed by atoms with E-state index in [1.807, 2.05) is 0 Å². The summed E-state index contributed by atoms with van der Waals surface area (Å²) < 4.78 is 35.7. The topological polar surface area (TPSA) is 41.9 Å². The zero-order valence-corrected chi connectivity index (χ0v) is 16.0. The molecule has 3 rings (SSSR count). The molecule has 146 valence electrons. The van der Waals surface area contributed by atoms with Crippen LogP contribution in [-0.2, 0) is 5.60 Å². The van der Waals surface area contributed by atoms with Crippen molar-refractivity contribution in [1.29, 1.82) is 0 Å². The van der Waals surface area contributed by atoms with E-state index in [0.717, 1.165) is 12.8 Å². The number of aliphatic hydroxyl groups is 1. The number of benzene rings is 1. The Morgan fingerprint density at radius 1 is 1.27 bits per heavy atom. The summed E-state index contributed by atoms with van der Waals surface area (Å²) in [6.07, 6.45) is 2.79. The molecule has 1 aliphatic heterocycles. The van der Waals surface area contributed by atoms with Crippen LogP contribution < -0.4 is 9.47 Å². The van der Waals surface area contributed by atoms with Gasteiger partial charge in [0.25, 0.3) is 0 Å². The average molecular weight is 369 g/mol. The zero-order valence-electron chi connectivity index (χ0n) is 16.0. The van der Waals surface area contributed by atoms with E-state index in [1.54, 1.807) is 12.1 Å². The van der Waals surface area contributed by atoms with Crippen molar-refractivity contribution in [1.82, 2.24) is 4.90 Å². The van der Waals surface area contributed by atoms with Crippen molar-refractivity contribution in [2.75, 3.05) is 13.2 Å². The van der Waals surface area contributed by atoms with Crippen LogP contribution in [-0.4, -0.2) is 41.4 Å². The normalized spacial score (nSPS) is 27.2. The number of β-amino-alcohol motifs (C(OH)–C–C–N with tert-alkyl or cyclic N) is 1. The van der Waals surface area contributed by atoms with Crippen LogP contribution in [0.4, 0.5) is 8.78 Å². The molecule has 4 nitrogen and oxygen atoms in total. The lowest BCUT2D eigenvalue weighted by Gasteiger charge is -2.36. The lowest BCUT2D eigenvalue weighted by Crippen LogP contribution is -2.44. The van der Waals surface area contributed by atoms with Crippen molar-refractivity contribution in [3.05, 3.63) is 23.8 Å². The number of ether oxygens (including phenoxy) is 2. The molecular weight excluding hydrogens is 340 g/mol. The number of alkyl halides is 2. The van der Waals surface area contributed by atoms with Crippen molar-refractivity contribution in [2.45, 2.75) is 70.8 Å². The summed E-state index contributed by atoms with van der Waals surface area (Å²) in [6.45, 7) is 6.55. The van der Waals surface area contributed by atoms with Crippen LogP contribution in [0.2, 0.25) is 0 Å². The van der Waals surface area contributed by atoms with Gasteiger partial charge in [-0.15, -0.1) is 0 Å². The van der Waals surface area contributed by atoms with Gasteiger partial charge in [-0.3, -0.25) is 4.90 Å². The molecule has 0 spiro atoms. The molecule has 6 heteroatoms. The second-order valence-corrected chi connectivity index (χ2v) is 8.68. The van der Waals surface area contributed by atoms with Crippen LogP contribution in [0, 0.1) is 5.92 Å². The quantitative estimate of drug-likeness (QED) is 0.818. The van der Waals surface area contributed by atoms with Gasteiger partial charge in [0, 0.05) is 18.1 Å². The van der Waals surface area contributed by atoms with E-state index in [9.17, 15) is 13.9 Å². The number of hydrogen-bond donors (Lipinski definition) is 1. The molecule has 0 bridgehead atoms. The summed E-state index contributed by atoms with van der Waals surface area (Å²) in [4.78, 5) is 2.27. The standard InChI is InChI=1S/C20H29F2NO3/c1-13-10-20(24,12-23(13)19(2,3)4)15-7-8-16(26-18(21)22)17(9-15)25-11-14-5-6-14/h7-9,13-14,18,24H,5-6,10-12H2,1-4H3/t13-,20-/m1/s1.